The second-order valence-corrected chi connectivity index (χ2v) is 12.9. The summed E-state index contributed by atoms with van der Waals surface area (Å²) in [6, 6.07) is 13.1. The number of carbonyl (C=O) groups is 5. The van der Waals surface area contributed by atoms with Crippen molar-refractivity contribution in [2.45, 2.75) is 77.2 Å². The van der Waals surface area contributed by atoms with E-state index in [-0.39, 0.29) is 37.5 Å². The van der Waals surface area contributed by atoms with E-state index in [1.807, 2.05) is 44.2 Å². The Morgan fingerprint density at radius 1 is 0.938 bits per heavy atom. The number of nitrogens with zero attached hydrogens (tertiary/aromatic N) is 4. The molecule has 5 rings (SSSR count). The highest BCUT2D eigenvalue weighted by Gasteiger charge is 2.39. The van der Waals surface area contributed by atoms with Crippen molar-refractivity contribution in [3.05, 3.63) is 76.8 Å². The van der Waals surface area contributed by atoms with Crippen molar-refractivity contribution in [2.75, 3.05) is 19.6 Å². The summed E-state index contributed by atoms with van der Waals surface area (Å²) in [5.41, 5.74) is 1.16. The second-order valence-electron chi connectivity index (χ2n) is 12.9. The van der Waals surface area contributed by atoms with Gasteiger partial charge in [0.2, 0.25) is 29.5 Å². The number of aromatic nitrogens is 2. The molecule has 0 bridgehead atoms. The number of hydrogen-bond donors (Lipinski definition) is 3. The van der Waals surface area contributed by atoms with E-state index in [1.165, 1.54) is 20.7 Å². The molecule has 0 spiro atoms. The lowest BCUT2D eigenvalue weighted by Gasteiger charge is -2.31. The maximum Gasteiger partial charge on any atom is 0.261 e. The van der Waals surface area contributed by atoms with Crippen LogP contribution in [0.15, 0.2) is 65.7 Å². The Hall–Kier alpha value is -5.07. The van der Waals surface area contributed by atoms with Crippen LogP contribution in [0.1, 0.15) is 45.6 Å². The Labute approximate surface area is 279 Å². The summed E-state index contributed by atoms with van der Waals surface area (Å²) in [4.78, 5) is 88.1. The molecule has 4 atom stereocenters. The number of rotatable bonds is 6. The third-order valence-corrected chi connectivity index (χ3v) is 8.93. The summed E-state index contributed by atoms with van der Waals surface area (Å²) in [5, 5.41) is 9.05. The number of para-hydroxylation sites is 1. The van der Waals surface area contributed by atoms with Crippen LogP contribution in [-0.4, -0.2) is 92.7 Å². The van der Waals surface area contributed by atoms with Crippen molar-refractivity contribution in [3.63, 3.8) is 0 Å². The molecule has 2 saturated heterocycles. The molecular weight excluding hydrogens is 614 g/mol. The van der Waals surface area contributed by atoms with Gasteiger partial charge in [0.15, 0.2) is 0 Å². The molecule has 2 aliphatic heterocycles. The summed E-state index contributed by atoms with van der Waals surface area (Å²) in [7, 11) is 0. The average molecular weight is 658 g/mol. The molecule has 13 nitrogen and oxygen atoms in total. The fraction of sp³-hybridized carbons (Fsp3) is 0.457. The maximum atomic E-state index is 13.8. The smallest absolute Gasteiger partial charge is 0.261 e. The first-order chi connectivity index (χ1) is 23.0. The number of aryl methyl sites for hydroxylation is 1. The highest BCUT2D eigenvalue weighted by molar-refractivity contribution is 5.95. The summed E-state index contributed by atoms with van der Waals surface area (Å²) in [6.45, 7) is 5.17. The SMILES string of the molecule is CC(C)[C@@H]1NC(=O)[C@H]2CCCN2C(=O)[C@H](C)NC(=O)CN(C(=O)CCn2cnc3ccccc3c2=O)C[C@H](Cc2ccccc2)NC1=O. The fourth-order valence-corrected chi connectivity index (χ4v) is 6.37. The van der Waals surface area contributed by atoms with E-state index in [2.05, 4.69) is 20.9 Å². The zero-order valence-electron chi connectivity index (χ0n) is 27.6. The van der Waals surface area contributed by atoms with Gasteiger partial charge in [0.25, 0.3) is 5.56 Å². The highest BCUT2D eigenvalue weighted by Crippen LogP contribution is 2.20. The minimum Gasteiger partial charge on any atom is -0.349 e. The van der Waals surface area contributed by atoms with Gasteiger partial charge in [0.1, 0.15) is 18.1 Å². The predicted molar refractivity (Wildman–Crippen MR) is 178 cm³/mol. The quantitative estimate of drug-likeness (QED) is 0.356. The molecule has 5 amide bonds. The van der Waals surface area contributed by atoms with E-state index in [1.54, 1.807) is 31.2 Å². The normalized spacial score (nSPS) is 22.8. The van der Waals surface area contributed by atoms with Crippen molar-refractivity contribution < 1.29 is 24.0 Å². The third-order valence-electron chi connectivity index (χ3n) is 8.93. The van der Waals surface area contributed by atoms with Gasteiger partial charge in [-0.3, -0.25) is 33.3 Å². The van der Waals surface area contributed by atoms with Crippen LogP contribution in [0.4, 0.5) is 0 Å². The molecule has 3 heterocycles. The first-order valence-electron chi connectivity index (χ1n) is 16.5. The van der Waals surface area contributed by atoms with E-state index < -0.39 is 53.7 Å². The van der Waals surface area contributed by atoms with Gasteiger partial charge in [-0.2, -0.15) is 0 Å². The van der Waals surface area contributed by atoms with Gasteiger partial charge in [-0.15, -0.1) is 0 Å². The van der Waals surface area contributed by atoms with E-state index in [0.717, 1.165) is 5.56 Å². The van der Waals surface area contributed by atoms with Gasteiger partial charge in [0.05, 0.1) is 29.8 Å². The van der Waals surface area contributed by atoms with Crippen molar-refractivity contribution in [1.29, 1.82) is 0 Å². The molecule has 0 unspecified atom stereocenters. The minimum absolute atomic E-state index is 0.0238. The molecule has 2 aliphatic rings. The van der Waals surface area contributed by atoms with Crippen LogP contribution in [0.25, 0.3) is 10.9 Å². The number of nitrogens with one attached hydrogen (secondary N) is 3. The van der Waals surface area contributed by atoms with Gasteiger partial charge >= 0.3 is 0 Å². The van der Waals surface area contributed by atoms with Gasteiger partial charge in [-0.05, 0) is 49.8 Å². The molecule has 1 aromatic heterocycles. The maximum absolute atomic E-state index is 13.8. The van der Waals surface area contributed by atoms with Crippen LogP contribution in [-0.2, 0) is 36.9 Å². The zero-order valence-corrected chi connectivity index (χ0v) is 27.6. The van der Waals surface area contributed by atoms with Crippen molar-refractivity contribution >= 4 is 40.4 Å². The largest absolute Gasteiger partial charge is 0.349 e. The molecule has 0 radical (unpaired) electrons. The molecule has 13 heteroatoms. The third kappa shape index (κ3) is 8.07. The summed E-state index contributed by atoms with van der Waals surface area (Å²) in [5.74, 6) is -2.52. The number of carbonyl (C=O) groups excluding carboxylic acids is 5. The van der Waals surface area contributed by atoms with E-state index in [4.69, 9.17) is 0 Å². The lowest BCUT2D eigenvalue weighted by Crippen LogP contribution is -2.58. The van der Waals surface area contributed by atoms with Crippen LogP contribution < -0.4 is 21.5 Å². The Bertz CT molecular complexity index is 1730. The Morgan fingerprint density at radius 3 is 2.42 bits per heavy atom. The summed E-state index contributed by atoms with van der Waals surface area (Å²) >= 11 is 0. The van der Waals surface area contributed by atoms with Gasteiger partial charge in [-0.1, -0.05) is 56.3 Å². The molecular formula is C35H43N7O6. The van der Waals surface area contributed by atoms with Crippen LogP contribution in [0.3, 0.4) is 0 Å². The minimum atomic E-state index is -0.948. The van der Waals surface area contributed by atoms with Gasteiger partial charge < -0.3 is 25.8 Å². The fourth-order valence-electron chi connectivity index (χ4n) is 6.37. The number of fused-ring (bicyclic) bond motifs is 2. The van der Waals surface area contributed by atoms with Crippen LogP contribution >= 0.6 is 0 Å². The Morgan fingerprint density at radius 2 is 1.67 bits per heavy atom. The number of amides is 5. The van der Waals surface area contributed by atoms with Crippen molar-refractivity contribution in [3.8, 4) is 0 Å². The zero-order chi connectivity index (χ0) is 34.4. The molecule has 3 aromatic rings. The number of hydrogen-bond acceptors (Lipinski definition) is 7. The lowest BCUT2D eigenvalue weighted by molar-refractivity contribution is -0.142. The van der Waals surface area contributed by atoms with Crippen molar-refractivity contribution in [1.82, 2.24) is 35.3 Å². The van der Waals surface area contributed by atoms with Gasteiger partial charge in [-0.25, -0.2) is 4.98 Å². The molecule has 0 saturated carbocycles. The van der Waals surface area contributed by atoms with Crippen molar-refractivity contribution in [2.24, 2.45) is 5.92 Å². The molecule has 254 valence electrons. The lowest BCUT2D eigenvalue weighted by atomic mass is 10.00. The van der Waals surface area contributed by atoms with Crippen LogP contribution in [0.5, 0.6) is 0 Å². The second kappa shape index (κ2) is 15.2. The standard InChI is InChI=1S/C35H43N7O6/c1-22(2)31-33(46)38-25(18-24-10-5-4-6-11-24)19-41(30(44)15-17-40-21-36-27-13-8-7-12-26(27)35(40)48)20-29(43)37-23(3)34(47)42-16-9-14-28(42)32(45)39-31/h4-8,10-13,21-23,25,28,31H,9,14-20H2,1-3H3,(H,37,43)(H,38,46)(H,39,45)/t23-,25-,28+,31-/m0/s1. The van der Waals surface area contributed by atoms with E-state index >= 15 is 0 Å². The molecule has 2 fully saturated rings. The van der Waals surface area contributed by atoms with Gasteiger partial charge in [0, 0.05) is 26.1 Å². The molecule has 48 heavy (non-hydrogen) atoms. The van der Waals surface area contributed by atoms with E-state index in [0.29, 0.717) is 36.7 Å². The van der Waals surface area contributed by atoms with Crippen LogP contribution in [0, 0.1) is 5.92 Å². The monoisotopic (exact) mass is 657 g/mol. The summed E-state index contributed by atoms with van der Waals surface area (Å²) < 4.78 is 1.36. The van der Waals surface area contributed by atoms with Crippen LogP contribution in [0.2, 0.25) is 0 Å². The van der Waals surface area contributed by atoms with E-state index in [9.17, 15) is 28.8 Å². The Kier molecular flexibility index (Phi) is 10.9. The first-order valence-corrected chi connectivity index (χ1v) is 16.5. The summed E-state index contributed by atoms with van der Waals surface area (Å²) in [6.07, 6.45) is 2.68. The number of benzene rings is 2. The first kappa shape index (κ1) is 34.3. The Balaban J connectivity index is 1.45. The highest BCUT2D eigenvalue weighted by atomic mass is 16.2. The topological polar surface area (TPSA) is 163 Å². The molecule has 2 aromatic carbocycles. The molecule has 0 aliphatic carbocycles. The molecule has 3 N–H and O–H groups in total. The predicted octanol–water partition coefficient (Wildman–Crippen LogP) is 0.993. The average Bonchev–Trinajstić information content (AvgIpc) is 3.56.